The Labute approximate surface area is 174 Å². The number of esters is 2. The number of carbonyl (C=O) groups is 4. The number of carbonyl (C=O) groups excluding carboxylic acids is 4. The van der Waals surface area contributed by atoms with Crippen LogP contribution in [0.15, 0.2) is 48.5 Å². The normalized spacial score (nSPS) is 15.7. The van der Waals surface area contributed by atoms with E-state index in [0.29, 0.717) is 16.8 Å². The molecule has 1 saturated heterocycles. The largest absolute Gasteiger partial charge is 0.462 e. The molecule has 156 valence electrons. The van der Waals surface area contributed by atoms with Crippen LogP contribution in [0.1, 0.15) is 39.6 Å². The number of rotatable bonds is 7. The van der Waals surface area contributed by atoms with Crippen molar-refractivity contribution in [3.63, 3.8) is 0 Å². The lowest BCUT2D eigenvalue weighted by Crippen LogP contribution is -2.27. The molecule has 1 atom stereocenters. The van der Waals surface area contributed by atoms with E-state index in [1.165, 1.54) is 4.90 Å². The van der Waals surface area contributed by atoms with Gasteiger partial charge in [0.15, 0.2) is 12.4 Å². The van der Waals surface area contributed by atoms with Crippen molar-refractivity contribution in [2.75, 3.05) is 24.7 Å². The molecule has 1 aliphatic rings. The fourth-order valence-corrected chi connectivity index (χ4v) is 3.18. The number of nitrogens with zero attached hydrogens (tertiary/aromatic N) is 1. The summed E-state index contributed by atoms with van der Waals surface area (Å²) < 4.78 is 10.1. The van der Waals surface area contributed by atoms with Gasteiger partial charge in [0.05, 0.1) is 18.1 Å². The second kappa shape index (κ2) is 9.35. The Bertz CT molecular complexity index is 949. The minimum atomic E-state index is -0.645. The Morgan fingerprint density at radius 2 is 1.60 bits per heavy atom. The van der Waals surface area contributed by atoms with Gasteiger partial charge in [-0.25, -0.2) is 4.79 Å². The van der Waals surface area contributed by atoms with Crippen LogP contribution in [-0.2, 0) is 19.1 Å². The summed E-state index contributed by atoms with van der Waals surface area (Å²) >= 11 is 0. The number of amides is 1. The zero-order valence-corrected chi connectivity index (χ0v) is 16.9. The van der Waals surface area contributed by atoms with E-state index in [0.717, 1.165) is 5.56 Å². The van der Waals surface area contributed by atoms with E-state index in [4.69, 9.17) is 9.47 Å². The molecular formula is C23H23NO6. The van der Waals surface area contributed by atoms with Crippen molar-refractivity contribution in [1.29, 1.82) is 0 Å². The van der Waals surface area contributed by atoms with E-state index < -0.39 is 17.9 Å². The monoisotopic (exact) mass is 409 g/mol. The number of benzene rings is 2. The van der Waals surface area contributed by atoms with Crippen molar-refractivity contribution in [2.45, 2.75) is 20.3 Å². The molecule has 0 unspecified atom stereocenters. The van der Waals surface area contributed by atoms with Gasteiger partial charge in [-0.05, 0) is 38.1 Å². The Morgan fingerprint density at radius 3 is 2.23 bits per heavy atom. The molecule has 7 nitrogen and oxygen atoms in total. The molecule has 0 bridgehead atoms. The molecule has 0 N–H and O–H groups in total. The maximum atomic E-state index is 12.4. The van der Waals surface area contributed by atoms with Gasteiger partial charge in [-0.1, -0.05) is 29.8 Å². The van der Waals surface area contributed by atoms with Gasteiger partial charge in [-0.3, -0.25) is 14.4 Å². The first-order valence-corrected chi connectivity index (χ1v) is 9.73. The van der Waals surface area contributed by atoms with Gasteiger partial charge in [0, 0.05) is 24.2 Å². The molecule has 2 aromatic carbocycles. The molecule has 30 heavy (non-hydrogen) atoms. The standard InChI is InChI=1S/C23H23NO6/c1-3-29-22(27)17-8-10-19(11-9-17)24-13-18(12-21(24)26)23(28)30-14-20(25)16-6-4-15(2)5-7-16/h4-11,18H,3,12-14H2,1-2H3/t18-/m0/s1. The van der Waals surface area contributed by atoms with Crippen LogP contribution in [-0.4, -0.2) is 43.4 Å². The minimum absolute atomic E-state index is 0.0111. The lowest BCUT2D eigenvalue weighted by atomic mass is 10.1. The third kappa shape index (κ3) is 4.92. The van der Waals surface area contributed by atoms with Gasteiger partial charge in [0.1, 0.15) is 0 Å². The number of hydrogen-bond donors (Lipinski definition) is 0. The molecule has 0 spiro atoms. The predicted octanol–water partition coefficient (Wildman–Crippen LogP) is 2.95. The van der Waals surface area contributed by atoms with Crippen LogP contribution in [0.5, 0.6) is 0 Å². The van der Waals surface area contributed by atoms with Crippen molar-refractivity contribution < 1.29 is 28.7 Å². The van der Waals surface area contributed by atoms with E-state index in [1.807, 2.05) is 19.1 Å². The van der Waals surface area contributed by atoms with Gasteiger partial charge in [0.25, 0.3) is 0 Å². The van der Waals surface area contributed by atoms with E-state index >= 15 is 0 Å². The zero-order valence-electron chi connectivity index (χ0n) is 16.9. The Morgan fingerprint density at radius 1 is 0.967 bits per heavy atom. The van der Waals surface area contributed by atoms with Crippen molar-refractivity contribution in [3.8, 4) is 0 Å². The Hall–Kier alpha value is -3.48. The Balaban J connectivity index is 1.57. The lowest BCUT2D eigenvalue weighted by Gasteiger charge is -2.17. The highest BCUT2D eigenvalue weighted by molar-refractivity contribution is 6.01. The van der Waals surface area contributed by atoms with Crippen LogP contribution in [0.25, 0.3) is 0 Å². The van der Waals surface area contributed by atoms with Crippen LogP contribution in [0, 0.1) is 12.8 Å². The molecular weight excluding hydrogens is 386 g/mol. The van der Waals surface area contributed by atoms with E-state index in [-0.39, 0.29) is 37.9 Å². The molecule has 0 aliphatic carbocycles. The molecule has 0 aromatic heterocycles. The third-order valence-electron chi connectivity index (χ3n) is 4.87. The molecule has 0 saturated carbocycles. The van der Waals surface area contributed by atoms with Crippen LogP contribution in [0.4, 0.5) is 5.69 Å². The summed E-state index contributed by atoms with van der Waals surface area (Å²) in [6.07, 6.45) is 0.0111. The molecule has 7 heteroatoms. The molecule has 3 rings (SSSR count). The highest BCUT2D eigenvalue weighted by Crippen LogP contribution is 2.26. The number of hydrogen-bond acceptors (Lipinski definition) is 6. The first-order chi connectivity index (χ1) is 14.4. The molecule has 1 fully saturated rings. The quantitative estimate of drug-likeness (QED) is 0.516. The number of anilines is 1. The first-order valence-electron chi connectivity index (χ1n) is 9.73. The average Bonchev–Trinajstić information content (AvgIpc) is 3.14. The maximum Gasteiger partial charge on any atom is 0.338 e. The third-order valence-corrected chi connectivity index (χ3v) is 4.87. The summed E-state index contributed by atoms with van der Waals surface area (Å²) in [6.45, 7) is 3.72. The number of ketones is 1. The maximum absolute atomic E-state index is 12.4. The van der Waals surface area contributed by atoms with Crippen molar-refractivity contribution >= 4 is 29.3 Å². The molecule has 1 aliphatic heterocycles. The van der Waals surface area contributed by atoms with Crippen molar-refractivity contribution in [1.82, 2.24) is 0 Å². The fourth-order valence-electron chi connectivity index (χ4n) is 3.18. The lowest BCUT2D eigenvalue weighted by molar-refractivity contribution is -0.147. The summed E-state index contributed by atoms with van der Waals surface area (Å²) in [6, 6.07) is 13.4. The average molecular weight is 409 g/mol. The van der Waals surface area contributed by atoms with Gasteiger partial charge in [0.2, 0.25) is 5.91 Å². The minimum Gasteiger partial charge on any atom is -0.462 e. The summed E-state index contributed by atoms with van der Waals surface area (Å²) in [5.41, 5.74) is 2.47. The Kier molecular flexibility index (Phi) is 6.61. The first kappa shape index (κ1) is 21.2. The second-order valence-electron chi connectivity index (χ2n) is 7.07. The molecule has 2 aromatic rings. The number of Topliss-reactive ketones (excluding diaryl/α,β-unsaturated/α-hetero) is 1. The van der Waals surface area contributed by atoms with Crippen LogP contribution in [0.3, 0.4) is 0 Å². The zero-order chi connectivity index (χ0) is 21.7. The number of ether oxygens (including phenoxy) is 2. The van der Waals surface area contributed by atoms with Gasteiger partial charge in [-0.2, -0.15) is 0 Å². The van der Waals surface area contributed by atoms with Crippen LogP contribution in [0.2, 0.25) is 0 Å². The van der Waals surface area contributed by atoms with E-state index in [9.17, 15) is 19.2 Å². The van der Waals surface area contributed by atoms with Gasteiger partial charge < -0.3 is 14.4 Å². The molecule has 0 radical (unpaired) electrons. The SMILES string of the molecule is CCOC(=O)c1ccc(N2C[C@@H](C(=O)OCC(=O)c3ccc(C)cc3)CC2=O)cc1. The fraction of sp³-hybridized carbons (Fsp3) is 0.304. The van der Waals surface area contributed by atoms with Crippen LogP contribution < -0.4 is 4.90 Å². The summed E-state index contributed by atoms with van der Waals surface area (Å²) in [4.78, 5) is 50.1. The summed E-state index contributed by atoms with van der Waals surface area (Å²) in [5.74, 6) is -2.16. The highest BCUT2D eigenvalue weighted by atomic mass is 16.5. The number of aryl methyl sites for hydroxylation is 1. The van der Waals surface area contributed by atoms with Crippen molar-refractivity contribution in [2.24, 2.45) is 5.92 Å². The van der Waals surface area contributed by atoms with Crippen LogP contribution >= 0.6 is 0 Å². The van der Waals surface area contributed by atoms with Crippen molar-refractivity contribution in [3.05, 3.63) is 65.2 Å². The molecule has 1 amide bonds. The summed E-state index contributed by atoms with van der Waals surface area (Å²) in [5, 5.41) is 0. The summed E-state index contributed by atoms with van der Waals surface area (Å²) in [7, 11) is 0. The topological polar surface area (TPSA) is 90.0 Å². The van der Waals surface area contributed by atoms with Gasteiger partial charge >= 0.3 is 11.9 Å². The molecule has 1 heterocycles. The van der Waals surface area contributed by atoms with E-state index in [2.05, 4.69) is 0 Å². The van der Waals surface area contributed by atoms with E-state index in [1.54, 1.807) is 43.3 Å². The second-order valence-corrected chi connectivity index (χ2v) is 7.07. The smallest absolute Gasteiger partial charge is 0.338 e. The predicted molar refractivity (Wildman–Crippen MR) is 109 cm³/mol. The van der Waals surface area contributed by atoms with Gasteiger partial charge in [-0.15, -0.1) is 0 Å². The highest BCUT2D eigenvalue weighted by Gasteiger charge is 2.36.